The fourth-order valence-electron chi connectivity index (χ4n) is 3.71. The third-order valence-corrected chi connectivity index (χ3v) is 5.01. The summed E-state index contributed by atoms with van der Waals surface area (Å²) in [6.45, 7) is 10.0. The Morgan fingerprint density at radius 2 is 1.55 bits per heavy atom. The fourth-order valence-corrected chi connectivity index (χ4v) is 3.71. The molecular formula is C19H31N. The summed E-state index contributed by atoms with van der Waals surface area (Å²) < 4.78 is 0. The molecule has 1 unspecified atom stereocenters. The Balaban J connectivity index is 2.29. The van der Waals surface area contributed by atoms with Gasteiger partial charge in [-0.05, 0) is 68.3 Å². The van der Waals surface area contributed by atoms with E-state index in [0.717, 1.165) is 12.5 Å². The van der Waals surface area contributed by atoms with Gasteiger partial charge in [-0.1, -0.05) is 44.7 Å². The van der Waals surface area contributed by atoms with Gasteiger partial charge in [-0.3, -0.25) is 0 Å². The summed E-state index contributed by atoms with van der Waals surface area (Å²) in [4.78, 5) is 0. The predicted octanol–water partition coefficient (Wildman–Crippen LogP) is 5.23. The average molecular weight is 273 g/mol. The largest absolute Gasteiger partial charge is 0.310 e. The number of rotatable bonds is 4. The fraction of sp³-hybridized carbons (Fsp3) is 0.684. The van der Waals surface area contributed by atoms with Gasteiger partial charge in [0.05, 0.1) is 0 Å². The van der Waals surface area contributed by atoms with Crippen LogP contribution in [0.25, 0.3) is 0 Å². The first kappa shape index (κ1) is 15.6. The van der Waals surface area contributed by atoms with Gasteiger partial charge in [0, 0.05) is 6.04 Å². The maximum Gasteiger partial charge on any atom is 0.0351 e. The van der Waals surface area contributed by atoms with Crippen molar-refractivity contribution in [3.8, 4) is 0 Å². The molecule has 2 rings (SSSR count). The van der Waals surface area contributed by atoms with Crippen molar-refractivity contribution in [2.24, 2.45) is 5.92 Å². The normalized spacial score (nSPS) is 18.8. The van der Waals surface area contributed by atoms with Gasteiger partial charge in [0.2, 0.25) is 0 Å². The highest BCUT2D eigenvalue weighted by atomic mass is 14.9. The van der Waals surface area contributed by atoms with Crippen LogP contribution in [0.3, 0.4) is 0 Å². The minimum absolute atomic E-state index is 0.553. The smallest absolute Gasteiger partial charge is 0.0351 e. The maximum atomic E-state index is 3.78. The van der Waals surface area contributed by atoms with Crippen LogP contribution in [0.1, 0.15) is 73.7 Å². The number of hydrogen-bond donors (Lipinski definition) is 1. The Kier molecular flexibility index (Phi) is 5.65. The lowest BCUT2D eigenvalue weighted by Crippen LogP contribution is -2.29. The number of hydrogen-bond acceptors (Lipinski definition) is 1. The van der Waals surface area contributed by atoms with Crippen LogP contribution in [0.5, 0.6) is 0 Å². The molecule has 20 heavy (non-hydrogen) atoms. The Morgan fingerprint density at radius 3 is 2.15 bits per heavy atom. The predicted molar refractivity (Wildman–Crippen MR) is 88.3 cm³/mol. The van der Waals surface area contributed by atoms with Crippen molar-refractivity contribution >= 4 is 0 Å². The molecule has 0 aromatic heterocycles. The molecule has 1 aliphatic carbocycles. The van der Waals surface area contributed by atoms with Crippen LogP contribution in [0.15, 0.2) is 12.1 Å². The molecule has 0 saturated heterocycles. The Hall–Kier alpha value is -0.820. The highest BCUT2D eigenvalue weighted by molar-refractivity contribution is 5.38. The molecule has 0 spiro atoms. The summed E-state index contributed by atoms with van der Waals surface area (Å²) in [5.41, 5.74) is 5.86. The molecule has 1 heteroatoms. The third kappa shape index (κ3) is 3.63. The van der Waals surface area contributed by atoms with E-state index in [2.05, 4.69) is 45.1 Å². The zero-order valence-corrected chi connectivity index (χ0v) is 13.8. The van der Waals surface area contributed by atoms with Crippen LogP contribution >= 0.6 is 0 Å². The summed E-state index contributed by atoms with van der Waals surface area (Å²) in [5, 5.41) is 3.78. The van der Waals surface area contributed by atoms with Gasteiger partial charge in [0.1, 0.15) is 0 Å². The zero-order chi connectivity index (χ0) is 14.5. The molecule has 1 nitrogen and oxygen atoms in total. The second kappa shape index (κ2) is 7.26. The Bertz CT molecular complexity index is 428. The SMILES string of the molecule is CCNC(c1cc(C)c(C)cc1C)C1CCCCCC1. The molecule has 1 atom stereocenters. The minimum atomic E-state index is 0.553. The van der Waals surface area contributed by atoms with Crippen LogP contribution < -0.4 is 5.32 Å². The summed E-state index contributed by atoms with van der Waals surface area (Å²) in [5.74, 6) is 0.818. The standard InChI is InChI=1S/C19H31N/c1-5-20-19(17-10-8-6-7-9-11-17)18-13-15(3)14(2)12-16(18)4/h12-13,17,19-20H,5-11H2,1-4H3. The molecule has 1 aliphatic rings. The topological polar surface area (TPSA) is 12.0 Å². The highest BCUT2D eigenvalue weighted by Crippen LogP contribution is 2.35. The molecule has 1 N–H and O–H groups in total. The molecular weight excluding hydrogens is 242 g/mol. The van der Waals surface area contributed by atoms with Crippen LogP contribution in [0, 0.1) is 26.7 Å². The number of nitrogens with one attached hydrogen (secondary N) is 1. The molecule has 0 bridgehead atoms. The van der Waals surface area contributed by atoms with E-state index in [9.17, 15) is 0 Å². The van der Waals surface area contributed by atoms with Crippen molar-refractivity contribution in [1.82, 2.24) is 5.32 Å². The lowest BCUT2D eigenvalue weighted by molar-refractivity contribution is 0.329. The van der Waals surface area contributed by atoms with Gasteiger partial charge in [-0.15, -0.1) is 0 Å². The third-order valence-electron chi connectivity index (χ3n) is 5.01. The minimum Gasteiger partial charge on any atom is -0.310 e. The molecule has 0 heterocycles. The van der Waals surface area contributed by atoms with Crippen molar-refractivity contribution in [2.75, 3.05) is 6.54 Å². The average Bonchev–Trinajstić information content (AvgIpc) is 2.69. The molecule has 1 aromatic rings. The molecule has 1 saturated carbocycles. The van der Waals surface area contributed by atoms with Gasteiger partial charge < -0.3 is 5.32 Å². The molecule has 112 valence electrons. The van der Waals surface area contributed by atoms with Gasteiger partial charge in [-0.2, -0.15) is 0 Å². The van der Waals surface area contributed by atoms with E-state index in [-0.39, 0.29) is 0 Å². The van der Waals surface area contributed by atoms with E-state index < -0.39 is 0 Å². The van der Waals surface area contributed by atoms with E-state index in [1.54, 1.807) is 5.56 Å². The summed E-state index contributed by atoms with van der Waals surface area (Å²) in [6.07, 6.45) is 8.48. The van der Waals surface area contributed by atoms with Crippen molar-refractivity contribution in [2.45, 2.75) is 72.3 Å². The second-order valence-electron chi connectivity index (χ2n) is 6.58. The lowest BCUT2D eigenvalue weighted by atomic mass is 9.84. The number of benzene rings is 1. The van der Waals surface area contributed by atoms with E-state index in [1.807, 2.05) is 0 Å². The Morgan fingerprint density at radius 1 is 0.950 bits per heavy atom. The molecule has 1 fully saturated rings. The molecule has 0 amide bonds. The highest BCUT2D eigenvalue weighted by Gasteiger charge is 2.24. The van der Waals surface area contributed by atoms with Crippen LogP contribution in [0.4, 0.5) is 0 Å². The summed E-state index contributed by atoms with van der Waals surface area (Å²) >= 11 is 0. The van der Waals surface area contributed by atoms with Gasteiger partial charge >= 0.3 is 0 Å². The van der Waals surface area contributed by atoms with Gasteiger partial charge in [0.15, 0.2) is 0 Å². The quantitative estimate of drug-likeness (QED) is 0.740. The van der Waals surface area contributed by atoms with Crippen LogP contribution in [0.2, 0.25) is 0 Å². The maximum absolute atomic E-state index is 3.78. The Labute approximate surface area is 125 Å². The van der Waals surface area contributed by atoms with E-state index in [1.165, 1.54) is 55.2 Å². The molecule has 1 aromatic carbocycles. The first-order chi connectivity index (χ1) is 9.63. The van der Waals surface area contributed by atoms with Gasteiger partial charge in [-0.25, -0.2) is 0 Å². The molecule has 0 radical (unpaired) electrons. The first-order valence-corrected chi connectivity index (χ1v) is 8.44. The molecule has 0 aliphatic heterocycles. The van der Waals surface area contributed by atoms with Gasteiger partial charge in [0.25, 0.3) is 0 Å². The zero-order valence-electron chi connectivity index (χ0n) is 13.8. The number of aryl methyl sites for hydroxylation is 3. The summed E-state index contributed by atoms with van der Waals surface area (Å²) in [7, 11) is 0. The van der Waals surface area contributed by atoms with Crippen molar-refractivity contribution < 1.29 is 0 Å². The van der Waals surface area contributed by atoms with Crippen molar-refractivity contribution in [3.63, 3.8) is 0 Å². The second-order valence-corrected chi connectivity index (χ2v) is 6.58. The van der Waals surface area contributed by atoms with E-state index in [0.29, 0.717) is 6.04 Å². The van der Waals surface area contributed by atoms with Crippen LogP contribution in [-0.4, -0.2) is 6.54 Å². The van der Waals surface area contributed by atoms with Crippen molar-refractivity contribution in [3.05, 3.63) is 34.4 Å². The first-order valence-electron chi connectivity index (χ1n) is 8.44. The summed E-state index contributed by atoms with van der Waals surface area (Å²) in [6, 6.07) is 5.35. The van der Waals surface area contributed by atoms with Crippen LogP contribution in [-0.2, 0) is 0 Å². The van der Waals surface area contributed by atoms with E-state index in [4.69, 9.17) is 0 Å². The lowest BCUT2D eigenvalue weighted by Gasteiger charge is -2.29. The van der Waals surface area contributed by atoms with Crippen molar-refractivity contribution in [1.29, 1.82) is 0 Å². The monoisotopic (exact) mass is 273 g/mol. The van der Waals surface area contributed by atoms with E-state index >= 15 is 0 Å².